The first-order chi connectivity index (χ1) is 16.4. The molecular formula is C29H46O5Si2. The number of hydrogen-bond acceptors (Lipinski definition) is 5. The molecular weight excluding hydrogens is 484 g/mol. The van der Waals surface area contributed by atoms with Gasteiger partial charge >= 0.3 is 11.9 Å². The molecule has 1 heterocycles. The third-order valence-corrected chi connectivity index (χ3v) is 17.7. The molecule has 0 spiro atoms. The number of rotatable bonds is 7. The molecule has 200 valence electrons. The molecule has 0 unspecified atom stereocenters. The molecule has 0 aromatic heterocycles. The van der Waals surface area contributed by atoms with Crippen molar-refractivity contribution in [3.05, 3.63) is 41.0 Å². The van der Waals surface area contributed by atoms with E-state index in [0.29, 0.717) is 17.6 Å². The van der Waals surface area contributed by atoms with Gasteiger partial charge in [-0.2, -0.15) is 0 Å². The minimum atomic E-state index is -1.92. The molecule has 0 amide bonds. The van der Waals surface area contributed by atoms with E-state index in [-0.39, 0.29) is 22.1 Å². The average molecular weight is 531 g/mol. The molecule has 5 nitrogen and oxygen atoms in total. The summed E-state index contributed by atoms with van der Waals surface area (Å²) in [5.41, 5.74) is 2.09. The van der Waals surface area contributed by atoms with Crippen LogP contribution < -0.4 is 4.43 Å². The molecule has 1 fully saturated rings. The number of cyclic esters (lactones) is 2. The Kier molecular flexibility index (Phi) is 8.19. The lowest BCUT2D eigenvalue weighted by Gasteiger charge is -2.41. The van der Waals surface area contributed by atoms with Crippen LogP contribution in [-0.4, -0.2) is 34.7 Å². The average Bonchev–Trinajstić information content (AvgIpc) is 3.01. The predicted octanol–water partition coefficient (Wildman–Crippen LogP) is 7.57. The number of benzene rings is 1. The molecule has 7 heteroatoms. The first-order valence-electron chi connectivity index (χ1n) is 13.4. The zero-order valence-electron chi connectivity index (χ0n) is 24.0. The number of carbonyl (C=O) groups excluding carboxylic acids is 2. The fourth-order valence-corrected chi connectivity index (χ4v) is 6.86. The topological polar surface area (TPSA) is 61.8 Å². The fraction of sp³-hybridized carbons (Fsp3) is 0.655. The van der Waals surface area contributed by atoms with Crippen LogP contribution in [-0.2, 0) is 25.2 Å². The van der Waals surface area contributed by atoms with Crippen molar-refractivity contribution in [1.82, 2.24) is 0 Å². The van der Waals surface area contributed by atoms with Crippen LogP contribution in [0.1, 0.15) is 72.8 Å². The van der Waals surface area contributed by atoms with E-state index in [9.17, 15) is 9.59 Å². The molecule has 0 N–H and O–H groups in total. The van der Waals surface area contributed by atoms with Crippen molar-refractivity contribution in [3.8, 4) is 5.75 Å². The highest BCUT2D eigenvalue weighted by Crippen LogP contribution is 2.42. The number of esters is 2. The molecule has 1 aromatic rings. The van der Waals surface area contributed by atoms with Gasteiger partial charge in [-0.25, -0.2) is 9.59 Å². The van der Waals surface area contributed by atoms with Crippen LogP contribution in [0.15, 0.2) is 35.4 Å². The first-order valence-corrected chi connectivity index (χ1v) is 19.2. The van der Waals surface area contributed by atoms with Crippen LogP contribution in [0.2, 0.25) is 36.3 Å². The lowest BCUT2D eigenvalue weighted by Crippen LogP contribution is -2.44. The lowest BCUT2D eigenvalue weighted by atomic mass is 9.80. The fourth-order valence-electron chi connectivity index (χ4n) is 4.40. The second-order valence-corrected chi connectivity index (χ2v) is 23.1. The van der Waals surface area contributed by atoms with Gasteiger partial charge in [0, 0.05) is 12.5 Å². The summed E-state index contributed by atoms with van der Waals surface area (Å²) < 4.78 is 18.1. The van der Waals surface area contributed by atoms with Gasteiger partial charge in [-0.3, -0.25) is 0 Å². The molecule has 3 rings (SSSR count). The Hall–Kier alpha value is -1.71. The Labute approximate surface area is 220 Å². The van der Waals surface area contributed by atoms with E-state index in [0.717, 1.165) is 37.0 Å². The molecule has 0 bridgehead atoms. The SMILES string of the molecule is CC(C)(C)[Si](C)(C)Oc1ccc(CC2=C(C3CCC(O[Si](C)(C)C(C)(C)C)CC3)C(=O)OC2=O)cc1. The summed E-state index contributed by atoms with van der Waals surface area (Å²) in [6.45, 7) is 22.5. The minimum Gasteiger partial charge on any atom is -0.544 e. The van der Waals surface area contributed by atoms with Gasteiger partial charge in [0.15, 0.2) is 8.32 Å². The van der Waals surface area contributed by atoms with Gasteiger partial charge in [0.2, 0.25) is 8.32 Å². The Morgan fingerprint density at radius 1 is 0.806 bits per heavy atom. The molecule has 2 aliphatic rings. The molecule has 0 radical (unpaired) electrons. The quantitative estimate of drug-likeness (QED) is 0.207. The zero-order chi connectivity index (χ0) is 27.1. The van der Waals surface area contributed by atoms with Crippen molar-refractivity contribution in [2.45, 2.75) is 116 Å². The number of hydrogen-bond donors (Lipinski definition) is 0. The van der Waals surface area contributed by atoms with E-state index in [1.165, 1.54) is 0 Å². The summed E-state index contributed by atoms with van der Waals surface area (Å²) in [6, 6.07) is 7.93. The van der Waals surface area contributed by atoms with Gasteiger partial charge in [-0.1, -0.05) is 53.7 Å². The molecule has 1 aliphatic heterocycles. The standard InChI is InChI=1S/C29H46O5Si2/c1-28(2,3)35(7,8)33-22-15-11-20(12-16-22)19-24-25(27(31)32-26(24)30)21-13-17-23(18-14-21)34-36(9,10)29(4,5)6/h11-12,15-16,21,23H,13-14,17-19H2,1-10H3. The van der Waals surface area contributed by atoms with Gasteiger partial charge < -0.3 is 13.6 Å². The van der Waals surface area contributed by atoms with Gasteiger partial charge in [0.25, 0.3) is 0 Å². The van der Waals surface area contributed by atoms with Crippen LogP contribution in [0.4, 0.5) is 0 Å². The van der Waals surface area contributed by atoms with Crippen molar-refractivity contribution < 1.29 is 23.2 Å². The van der Waals surface area contributed by atoms with E-state index in [1.54, 1.807) is 0 Å². The molecule has 1 aromatic carbocycles. The molecule has 1 saturated carbocycles. The van der Waals surface area contributed by atoms with E-state index in [2.05, 4.69) is 67.7 Å². The summed E-state index contributed by atoms with van der Waals surface area (Å²) in [4.78, 5) is 25.3. The Bertz CT molecular complexity index is 1000. The first kappa shape index (κ1) is 28.9. The zero-order valence-corrected chi connectivity index (χ0v) is 26.0. The van der Waals surface area contributed by atoms with Crippen molar-refractivity contribution in [2.75, 3.05) is 0 Å². The van der Waals surface area contributed by atoms with Crippen molar-refractivity contribution in [2.24, 2.45) is 5.92 Å². The van der Waals surface area contributed by atoms with Crippen LogP contribution in [0.25, 0.3) is 0 Å². The maximum Gasteiger partial charge on any atom is 0.342 e. The number of ether oxygens (including phenoxy) is 1. The summed E-state index contributed by atoms with van der Waals surface area (Å²) in [5, 5.41) is 0.292. The maximum absolute atomic E-state index is 12.7. The molecule has 36 heavy (non-hydrogen) atoms. The van der Waals surface area contributed by atoms with Crippen LogP contribution in [0.5, 0.6) is 5.75 Å². The van der Waals surface area contributed by atoms with Crippen molar-refractivity contribution >= 4 is 28.6 Å². The predicted molar refractivity (Wildman–Crippen MR) is 150 cm³/mol. The second kappa shape index (κ2) is 10.2. The smallest absolute Gasteiger partial charge is 0.342 e. The normalized spacial score (nSPS) is 22.2. The van der Waals surface area contributed by atoms with E-state index < -0.39 is 28.6 Å². The second-order valence-electron chi connectivity index (χ2n) is 13.6. The third-order valence-electron chi connectivity index (χ3n) is 8.81. The summed E-state index contributed by atoms with van der Waals surface area (Å²) in [6.07, 6.45) is 4.15. The van der Waals surface area contributed by atoms with Gasteiger partial charge in [0.05, 0.1) is 11.1 Å². The van der Waals surface area contributed by atoms with Crippen LogP contribution >= 0.6 is 0 Å². The largest absolute Gasteiger partial charge is 0.544 e. The van der Waals surface area contributed by atoms with E-state index >= 15 is 0 Å². The van der Waals surface area contributed by atoms with Gasteiger partial charge in [0.1, 0.15) is 5.75 Å². The Morgan fingerprint density at radius 2 is 1.33 bits per heavy atom. The van der Waals surface area contributed by atoms with Crippen molar-refractivity contribution in [3.63, 3.8) is 0 Å². The maximum atomic E-state index is 12.7. The van der Waals surface area contributed by atoms with Crippen LogP contribution in [0, 0.1) is 5.92 Å². The molecule has 0 saturated heterocycles. The highest BCUT2D eigenvalue weighted by Gasteiger charge is 2.43. The van der Waals surface area contributed by atoms with Crippen molar-refractivity contribution in [1.29, 1.82) is 0 Å². The summed E-state index contributed by atoms with van der Waals surface area (Å²) in [5.74, 6) is -0.0398. The Morgan fingerprint density at radius 3 is 1.83 bits per heavy atom. The summed E-state index contributed by atoms with van der Waals surface area (Å²) >= 11 is 0. The highest BCUT2D eigenvalue weighted by molar-refractivity contribution is 6.75. The lowest BCUT2D eigenvalue weighted by molar-refractivity contribution is -0.151. The third kappa shape index (κ3) is 6.40. The van der Waals surface area contributed by atoms with Crippen LogP contribution in [0.3, 0.4) is 0 Å². The number of carbonyl (C=O) groups is 2. The van der Waals surface area contributed by atoms with E-state index in [4.69, 9.17) is 13.6 Å². The van der Waals surface area contributed by atoms with E-state index in [1.807, 2.05) is 24.3 Å². The van der Waals surface area contributed by atoms with Gasteiger partial charge in [-0.15, -0.1) is 0 Å². The molecule has 0 atom stereocenters. The summed E-state index contributed by atoms with van der Waals surface area (Å²) in [7, 11) is -3.75. The monoisotopic (exact) mass is 530 g/mol. The molecule has 1 aliphatic carbocycles. The van der Waals surface area contributed by atoms with Gasteiger partial charge in [-0.05, 0) is 85.6 Å². The highest BCUT2D eigenvalue weighted by atomic mass is 28.4. The Balaban J connectivity index is 1.70. The minimum absolute atomic E-state index is 0.0550.